The second kappa shape index (κ2) is 6.57. The van der Waals surface area contributed by atoms with E-state index in [0.29, 0.717) is 5.02 Å². The molecule has 3 aliphatic rings. The largest absolute Gasteiger partial charge is 0.343 e. The highest BCUT2D eigenvalue weighted by Crippen LogP contribution is 2.33. The molecule has 0 spiro atoms. The molecular formula is C18H22ClN5O2. The van der Waals surface area contributed by atoms with Crippen molar-refractivity contribution in [2.45, 2.75) is 24.9 Å². The number of halogens is 1. The average molecular weight is 376 g/mol. The zero-order chi connectivity index (χ0) is 18.4. The summed E-state index contributed by atoms with van der Waals surface area (Å²) in [5.41, 5.74) is 1.04. The van der Waals surface area contributed by atoms with Crippen LogP contribution in [0, 0.1) is 0 Å². The topological polar surface area (TPSA) is 59.1 Å². The Morgan fingerprint density at radius 3 is 2.69 bits per heavy atom. The molecule has 4 rings (SSSR count). The SMILES string of the molecule is C=CCN1C(=O)C2C(NC3N(c4ccc(Cl)cc4)CCCN23)N(C)C1=O. The molecule has 0 saturated carbocycles. The third-order valence-corrected chi connectivity index (χ3v) is 5.59. The summed E-state index contributed by atoms with van der Waals surface area (Å²) in [6, 6.07) is 7.01. The maximum atomic E-state index is 13.0. The highest BCUT2D eigenvalue weighted by Gasteiger charge is 2.55. The molecule has 1 N–H and O–H groups in total. The fraction of sp³-hybridized carbons (Fsp3) is 0.444. The summed E-state index contributed by atoms with van der Waals surface area (Å²) in [7, 11) is 1.74. The highest BCUT2D eigenvalue weighted by molar-refractivity contribution is 6.30. The van der Waals surface area contributed by atoms with Crippen molar-refractivity contribution < 1.29 is 9.59 Å². The number of nitrogens with zero attached hydrogens (tertiary/aromatic N) is 4. The van der Waals surface area contributed by atoms with Crippen LogP contribution in [0.3, 0.4) is 0 Å². The lowest BCUT2D eigenvalue weighted by Gasteiger charge is -2.43. The number of nitrogens with one attached hydrogen (secondary N) is 1. The van der Waals surface area contributed by atoms with Gasteiger partial charge in [0.2, 0.25) is 0 Å². The monoisotopic (exact) mass is 375 g/mol. The van der Waals surface area contributed by atoms with E-state index in [9.17, 15) is 9.59 Å². The number of rotatable bonds is 3. The van der Waals surface area contributed by atoms with Gasteiger partial charge in [0, 0.05) is 37.4 Å². The van der Waals surface area contributed by atoms with Gasteiger partial charge < -0.3 is 9.80 Å². The zero-order valence-electron chi connectivity index (χ0n) is 14.6. The van der Waals surface area contributed by atoms with Crippen LogP contribution < -0.4 is 10.2 Å². The van der Waals surface area contributed by atoms with Crippen molar-refractivity contribution >= 4 is 29.2 Å². The number of benzene rings is 1. The third-order valence-electron chi connectivity index (χ3n) is 5.34. The number of hydrogen-bond acceptors (Lipinski definition) is 5. The van der Waals surface area contributed by atoms with Crippen LogP contribution in [-0.4, -0.2) is 71.8 Å². The van der Waals surface area contributed by atoms with Crippen LogP contribution in [0.15, 0.2) is 36.9 Å². The van der Waals surface area contributed by atoms with Crippen LogP contribution in [0.5, 0.6) is 0 Å². The lowest BCUT2D eigenvalue weighted by molar-refractivity contribution is -0.138. The molecule has 0 radical (unpaired) electrons. The first-order valence-corrected chi connectivity index (χ1v) is 9.14. The first-order valence-electron chi connectivity index (χ1n) is 8.76. The van der Waals surface area contributed by atoms with Gasteiger partial charge in [-0.25, -0.2) is 4.79 Å². The number of imide groups is 1. The summed E-state index contributed by atoms with van der Waals surface area (Å²) < 4.78 is 0. The second-order valence-electron chi connectivity index (χ2n) is 6.82. The second-order valence-corrected chi connectivity index (χ2v) is 7.26. The first-order chi connectivity index (χ1) is 12.5. The molecule has 1 aromatic rings. The molecule has 3 heterocycles. The highest BCUT2D eigenvalue weighted by atomic mass is 35.5. The molecule has 0 aliphatic carbocycles. The van der Waals surface area contributed by atoms with Gasteiger partial charge in [0.1, 0.15) is 18.5 Å². The van der Waals surface area contributed by atoms with Gasteiger partial charge in [-0.1, -0.05) is 17.7 Å². The Morgan fingerprint density at radius 1 is 1.27 bits per heavy atom. The van der Waals surface area contributed by atoms with Crippen molar-refractivity contribution in [1.29, 1.82) is 0 Å². The summed E-state index contributed by atoms with van der Waals surface area (Å²) in [4.78, 5) is 32.8. The minimum absolute atomic E-state index is 0.136. The van der Waals surface area contributed by atoms with Crippen LogP contribution in [0.1, 0.15) is 6.42 Å². The van der Waals surface area contributed by atoms with Crippen LogP contribution in [0.4, 0.5) is 10.5 Å². The molecule has 3 saturated heterocycles. The van der Waals surface area contributed by atoms with Crippen molar-refractivity contribution in [2.24, 2.45) is 0 Å². The first kappa shape index (κ1) is 17.3. The predicted octanol–water partition coefficient (Wildman–Crippen LogP) is 1.51. The van der Waals surface area contributed by atoms with Crippen LogP contribution in [0.2, 0.25) is 5.02 Å². The Hall–Kier alpha value is -2.09. The van der Waals surface area contributed by atoms with E-state index in [1.165, 1.54) is 4.90 Å². The van der Waals surface area contributed by atoms with Crippen LogP contribution >= 0.6 is 11.6 Å². The summed E-state index contributed by atoms with van der Waals surface area (Å²) >= 11 is 6.01. The van der Waals surface area contributed by atoms with Crippen molar-refractivity contribution in [1.82, 2.24) is 20.0 Å². The van der Waals surface area contributed by atoms with Gasteiger partial charge in [-0.3, -0.25) is 19.9 Å². The molecule has 0 aromatic heterocycles. The number of hydrogen-bond donors (Lipinski definition) is 1. The number of likely N-dealkylation sites (N-methyl/N-ethyl adjacent to an activating group) is 1. The van der Waals surface area contributed by atoms with Gasteiger partial charge >= 0.3 is 6.03 Å². The minimum atomic E-state index is -0.391. The van der Waals surface area contributed by atoms with E-state index >= 15 is 0 Å². The lowest BCUT2D eigenvalue weighted by Crippen LogP contribution is -2.66. The number of urea groups is 1. The van der Waals surface area contributed by atoms with E-state index in [1.54, 1.807) is 18.0 Å². The van der Waals surface area contributed by atoms with Gasteiger partial charge in [-0.15, -0.1) is 6.58 Å². The van der Waals surface area contributed by atoms with Gasteiger partial charge in [0.15, 0.2) is 0 Å². The molecule has 8 heteroatoms. The molecule has 0 bridgehead atoms. The predicted molar refractivity (Wildman–Crippen MR) is 99.7 cm³/mol. The van der Waals surface area contributed by atoms with Gasteiger partial charge in [-0.2, -0.15) is 0 Å². The molecule has 7 nitrogen and oxygen atoms in total. The molecule has 3 aliphatic heterocycles. The quantitative estimate of drug-likeness (QED) is 0.812. The van der Waals surface area contributed by atoms with E-state index in [1.807, 2.05) is 24.3 Å². The Bertz CT molecular complexity index is 740. The fourth-order valence-electron chi connectivity index (χ4n) is 4.11. The van der Waals surface area contributed by atoms with E-state index in [2.05, 4.69) is 21.7 Å². The lowest BCUT2D eigenvalue weighted by atomic mass is 10.1. The van der Waals surface area contributed by atoms with Gasteiger partial charge in [-0.05, 0) is 30.7 Å². The Morgan fingerprint density at radius 2 is 2.00 bits per heavy atom. The number of anilines is 1. The maximum absolute atomic E-state index is 13.0. The summed E-state index contributed by atoms with van der Waals surface area (Å²) in [6.45, 7) is 5.57. The number of carbonyl (C=O) groups is 2. The third kappa shape index (κ3) is 2.58. The molecule has 1 aromatic carbocycles. The number of fused-ring (bicyclic) bond motifs is 3. The Balaban J connectivity index is 1.65. The molecule has 3 amide bonds. The summed E-state index contributed by atoms with van der Waals surface area (Å²) in [5.74, 6) is -0.161. The summed E-state index contributed by atoms with van der Waals surface area (Å²) in [5, 5.41) is 4.17. The van der Waals surface area contributed by atoms with Crippen molar-refractivity contribution in [3.8, 4) is 0 Å². The Labute approximate surface area is 157 Å². The number of amides is 3. The fourth-order valence-corrected chi connectivity index (χ4v) is 4.24. The molecule has 26 heavy (non-hydrogen) atoms. The number of carbonyl (C=O) groups excluding carboxylic acids is 2. The Kier molecular flexibility index (Phi) is 4.38. The van der Waals surface area contributed by atoms with Gasteiger partial charge in [0.05, 0.1) is 0 Å². The molecular weight excluding hydrogens is 354 g/mol. The van der Waals surface area contributed by atoms with E-state index in [4.69, 9.17) is 11.6 Å². The standard InChI is InChI=1S/C18H22ClN5O2/c1-3-9-24-16(25)14-15(21(2)18(24)26)20-17-22(10-4-11-23(14)17)13-7-5-12(19)6-8-13/h3,5-8,14-15,17,20H,1,4,9-11H2,2H3. The summed E-state index contributed by atoms with van der Waals surface area (Å²) in [6.07, 6.45) is 2.05. The normalized spacial score (nSPS) is 29.0. The van der Waals surface area contributed by atoms with Crippen LogP contribution in [-0.2, 0) is 4.79 Å². The van der Waals surface area contributed by atoms with Crippen molar-refractivity contribution in [2.75, 3.05) is 31.6 Å². The van der Waals surface area contributed by atoms with E-state index in [-0.39, 0.29) is 30.9 Å². The minimum Gasteiger partial charge on any atom is -0.343 e. The molecule has 3 fully saturated rings. The average Bonchev–Trinajstić information content (AvgIpc) is 3.04. The molecule has 3 unspecified atom stereocenters. The smallest absolute Gasteiger partial charge is 0.328 e. The van der Waals surface area contributed by atoms with Crippen molar-refractivity contribution in [3.05, 3.63) is 41.9 Å². The maximum Gasteiger partial charge on any atom is 0.328 e. The van der Waals surface area contributed by atoms with Crippen molar-refractivity contribution in [3.63, 3.8) is 0 Å². The van der Waals surface area contributed by atoms with E-state index in [0.717, 1.165) is 25.2 Å². The zero-order valence-corrected chi connectivity index (χ0v) is 15.4. The molecule has 138 valence electrons. The van der Waals surface area contributed by atoms with Gasteiger partial charge in [0.25, 0.3) is 5.91 Å². The molecule has 3 atom stereocenters. The van der Waals surface area contributed by atoms with Crippen LogP contribution in [0.25, 0.3) is 0 Å². The van der Waals surface area contributed by atoms with E-state index < -0.39 is 6.04 Å².